The van der Waals surface area contributed by atoms with Crippen molar-refractivity contribution < 1.29 is 19.1 Å². The van der Waals surface area contributed by atoms with Gasteiger partial charge in [-0.25, -0.2) is 4.79 Å². The van der Waals surface area contributed by atoms with E-state index in [2.05, 4.69) is 32.6 Å². The molecule has 0 spiro atoms. The molecule has 2 N–H and O–H groups in total. The van der Waals surface area contributed by atoms with E-state index in [4.69, 9.17) is 4.74 Å². The van der Waals surface area contributed by atoms with Crippen LogP contribution < -0.4 is 10.6 Å². The maximum Gasteiger partial charge on any atom is 0.337 e. The summed E-state index contributed by atoms with van der Waals surface area (Å²) >= 11 is 4.60. The van der Waals surface area contributed by atoms with Gasteiger partial charge in [-0.2, -0.15) is 5.26 Å². The van der Waals surface area contributed by atoms with E-state index in [1.165, 1.54) is 7.11 Å². The molecule has 2 aromatic rings. The molecular formula is C25H24BrN3O4S. The highest BCUT2D eigenvalue weighted by molar-refractivity contribution is 9.10. The van der Waals surface area contributed by atoms with Gasteiger partial charge in [0.05, 0.1) is 35.1 Å². The number of allylic oxidation sites excluding steroid dienone is 1. The number of halogens is 1. The lowest BCUT2D eigenvalue weighted by atomic mass is 9.87. The SMILES string of the molecule is CCc1cc(Br)cc(C)c1NC(=O)CSC1=C(C#N)[C@H](c2ccc(C(=O)OC)cc2)CC(=O)N1. The zero-order chi connectivity index (χ0) is 24.8. The Bertz CT molecular complexity index is 1200. The van der Waals surface area contributed by atoms with Crippen LogP contribution in [0.5, 0.6) is 0 Å². The van der Waals surface area contributed by atoms with E-state index in [-0.39, 0.29) is 24.0 Å². The summed E-state index contributed by atoms with van der Waals surface area (Å²) in [5.74, 6) is -1.35. The summed E-state index contributed by atoms with van der Waals surface area (Å²) in [5, 5.41) is 15.9. The Kier molecular flexibility index (Phi) is 8.53. The van der Waals surface area contributed by atoms with Gasteiger partial charge < -0.3 is 15.4 Å². The minimum absolute atomic E-state index is 0.0352. The molecule has 0 unspecified atom stereocenters. The molecule has 0 bridgehead atoms. The average Bonchev–Trinajstić information content (AvgIpc) is 2.83. The molecule has 7 nitrogen and oxygen atoms in total. The van der Waals surface area contributed by atoms with Crippen LogP contribution in [0.3, 0.4) is 0 Å². The Labute approximate surface area is 211 Å². The number of esters is 1. The number of nitrogens with zero attached hydrogens (tertiary/aromatic N) is 1. The number of carbonyl (C=O) groups is 3. The summed E-state index contributed by atoms with van der Waals surface area (Å²) in [6.07, 6.45) is 0.869. The third-order valence-corrected chi connectivity index (χ3v) is 6.94. The zero-order valence-electron chi connectivity index (χ0n) is 19.0. The van der Waals surface area contributed by atoms with Crippen molar-refractivity contribution in [1.82, 2.24) is 5.32 Å². The predicted octanol–water partition coefficient (Wildman–Crippen LogP) is 4.82. The highest BCUT2D eigenvalue weighted by Crippen LogP contribution is 2.36. The Morgan fingerprint density at radius 2 is 2.00 bits per heavy atom. The molecular weight excluding hydrogens is 518 g/mol. The molecule has 1 aliphatic heterocycles. The molecule has 0 saturated heterocycles. The molecule has 1 aliphatic rings. The second kappa shape index (κ2) is 11.4. The van der Waals surface area contributed by atoms with Gasteiger partial charge in [0.25, 0.3) is 0 Å². The summed E-state index contributed by atoms with van der Waals surface area (Å²) in [6.45, 7) is 3.95. The fraction of sp³-hybridized carbons (Fsp3) is 0.280. The summed E-state index contributed by atoms with van der Waals surface area (Å²) in [7, 11) is 1.30. The van der Waals surface area contributed by atoms with Crippen LogP contribution in [0.1, 0.15) is 46.3 Å². The van der Waals surface area contributed by atoms with Crippen LogP contribution >= 0.6 is 27.7 Å². The van der Waals surface area contributed by atoms with E-state index in [1.807, 2.05) is 26.0 Å². The first kappa shape index (κ1) is 25.5. The van der Waals surface area contributed by atoms with Crippen LogP contribution in [-0.2, 0) is 20.7 Å². The minimum atomic E-state index is -0.462. The van der Waals surface area contributed by atoms with Crippen molar-refractivity contribution in [2.75, 3.05) is 18.2 Å². The fourth-order valence-corrected chi connectivity index (χ4v) is 5.27. The van der Waals surface area contributed by atoms with Crippen molar-refractivity contribution in [2.24, 2.45) is 0 Å². The monoisotopic (exact) mass is 541 g/mol. The van der Waals surface area contributed by atoms with Crippen LogP contribution in [0.2, 0.25) is 0 Å². The van der Waals surface area contributed by atoms with Crippen molar-refractivity contribution in [3.63, 3.8) is 0 Å². The number of ether oxygens (including phenoxy) is 1. The number of nitriles is 1. The van der Waals surface area contributed by atoms with Crippen molar-refractivity contribution in [1.29, 1.82) is 5.26 Å². The lowest BCUT2D eigenvalue weighted by molar-refractivity contribution is -0.121. The topological polar surface area (TPSA) is 108 Å². The number of methoxy groups -OCH3 is 1. The first-order chi connectivity index (χ1) is 16.3. The quantitative estimate of drug-likeness (QED) is 0.486. The first-order valence-electron chi connectivity index (χ1n) is 10.6. The molecule has 1 atom stereocenters. The van der Waals surface area contributed by atoms with Crippen LogP contribution in [0, 0.1) is 18.3 Å². The highest BCUT2D eigenvalue weighted by atomic mass is 79.9. The molecule has 2 amide bonds. The van der Waals surface area contributed by atoms with Crippen LogP contribution in [0.4, 0.5) is 5.69 Å². The molecule has 0 aromatic heterocycles. The Morgan fingerprint density at radius 3 is 2.62 bits per heavy atom. The van der Waals surface area contributed by atoms with Gasteiger partial charge in [0.1, 0.15) is 0 Å². The number of benzene rings is 2. The third-order valence-electron chi connectivity index (χ3n) is 5.47. The van der Waals surface area contributed by atoms with Crippen LogP contribution in [-0.4, -0.2) is 30.6 Å². The molecule has 0 fully saturated rings. The maximum atomic E-state index is 12.7. The van der Waals surface area contributed by atoms with Crippen molar-refractivity contribution in [2.45, 2.75) is 32.6 Å². The van der Waals surface area contributed by atoms with Crippen molar-refractivity contribution in [3.8, 4) is 6.07 Å². The largest absolute Gasteiger partial charge is 0.465 e. The van der Waals surface area contributed by atoms with Gasteiger partial charge in [-0.05, 0) is 54.3 Å². The number of hydrogen-bond donors (Lipinski definition) is 2. The molecule has 0 saturated carbocycles. The smallest absolute Gasteiger partial charge is 0.337 e. The highest BCUT2D eigenvalue weighted by Gasteiger charge is 2.30. The molecule has 0 aliphatic carbocycles. The van der Waals surface area contributed by atoms with Crippen molar-refractivity contribution >= 4 is 51.2 Å². The lowest BCUT2D eigenvalue weighted by Gasteiger charge is -2.25. The molecule has 0 radical (unpaired) electrons. The van der Waals surface area contributed by atoms with Crippen LogP contribution in [0.15, 0.2) is 51.5 Å². The van der Waals surface area contributed by atoms with E-state index in [9.17, 15) is 19.6 Å². The van der Waals surface area contributed by atoms with Gasteiger partial charge in [0, 0.05) is 22.5 Å². The number of amides is 2. The number of anilines is 1. The van der Waals surface area contributed by atoms with Gasteiger partial charge in [0.15, 0.2) is 0 Å². The van der Waals surface area contributed by atoms with E-state index in [0.29, 0.717) is 16.2 Å². The molecule has 9 heteroatoms. The van der Waals surface area contributed by atoms with Crippen LogP contribution in [0.25, 0.3) is 0 Å². The third kappa shape index (κ3) is 5.88. The first-order valence-corrected chi connectivity index (χ1v) is 12.4. The van der Waals surface area contributed by atoms with Gasteiger partial charge in [-0.1, -0.05) is 46.7 Å². The van der Waals surface area contributed by atoms with E-state index in [1.54, 1.807) is 24.3 Å². The number of aryl methyl sites for hydroxylation is 2. The Morgan fingerprint density at radius 1 is 1.29 bits per heavy atom. The standard InChI is InChI=1S/C25H24BrN3O4S/c1-4-15-10-18(26)9-14(2)23(15)28-22(31)13-34-24-20(12-27)19(11-21(30)29-24)16-5-7-17(8-6-16)25(32)33-3/h5-10,19H,4,11,13H2,1-3H3,(H,28,31)(H,29,30)/t19-/m0/s1. The van der Waals surface area contributed by atoms with Gasteiger partial charge in [-0.15, -0.1) is 0 Å². The zero-order valence-corrected chi connectivity index (χ0v) is 21.4. The van der Waals surface area contributed by atoms with Gasteiger partial charge in [-0.3, -0.25) is 9.59 Å². The maximum absolute atomic E-state index is 12.7. The number of hydrogen-bond acceptors (Lipinski definition) is 6. The summed E-state index contributed by atoms with van der Waals surface area (Å²) in [4.78, 5) is 36.8. The second-order valence-electron chi connectivity index (χ2n) is 7.72. The van der Waals surface area contributed by atoms with E-state index >= 15 is 0 Å². The lowest BCUT2D eigenvalue weighted by Crippen LogP contribution is -2.31. The number of rotatable bonds is 7. The summed E-state index contributed by atoms with van der Waals surface area (Å²) in [5.41, 5.74) is 4.25. The van der Waals surface area contributed by atoms with Crippen molar-refractivity contribution in [3.05, 3.63) is 73.7 Å². The summed E-state index contributed by atoms with van der Waals surface area (Å²) in [6, 6.07) is 12.7. The number of nitrogens with one attached hydrogen (secondary N) is 2. The van der Waals surface area contributed by atoms with E-state index < -0.39 is 11.9 Å². The normalized spacial score (nSPS) is 15.4. The van der Waals surface area contributed by atoms with Gasteiger partial charge >= 0.3 is 5.97 Å². The summed E-state index contributed by atoms with van der Waals surface area (Å²) < 4.78 is 5.67. The molecule has 34 heavy (non-hydrogen) atoms. The van der Waals surface area contributed by atoms with E-state index in [0.717, 1.165) is 45.0 Å². The Hall–Kier alpha value is -3.09. The molecule has 2 aromatic carbocycles. The second-order valence-corrected chi connectivity index (χ2v) is 9.62. The molecule has 1 heterocycles. The predicted molar refractivity (Wildman–Crippen MR) is 135 cm³/mol. The minimum Gasteiger partial charge on any atom is -0.465 e. The average molecular weight is 542 g/mol. The fourth-order valence-electron chi connectivity index (χ4n) is 3.77. The molecule has 3 rings (SSSR count). The number of carbonyl (C=O) groups excluding carboxylic acids is 3. The number of thioether (sulfide) groups is 1. The van der Waals surface area contributed by atoms with Gasteiger partial charge in [0.2, 0.25) is 11.8 Å². The molecule has 176 valence electrons. The Balaban J connectivity index is 1.78.